The lowest BCUT2D eigenvalue weighted by Gasteiger charge is -2.64. The maximum atomic E-state index is 11.7. The van der Waals surface area contributed by atoms with E-state index in [1.807, 2.05) is 0 Å². The van der Waals surface area contributed by atoms with Crippen molar-refractivity contribution in [3.63, 3.8) is 0 Å². The molecule has 0 amide bonds. The Hall–Kier alpha value is -1.63. The van der Waals surface area contributed by atoms with E-state index in [0.717, 1.165) is 44.9 Å². The van der Waals surface area contributed by atoms with Crippen molar-refractivity contribution >= 4 is 36.3 Å². The average molecular weight is 511 g/mol. The Bertz CT molecular complexity index is 819. The van der Waals surface area contributed by atoms with Crippen LogP contribution >= 0.6 is 11.6 Å². The molecular weight excluding hydrogens is 472 g/mol. The van der Waals surface area contributed by atoms with Crippen molar-refractivity contribution in [2.75, 3.05) is 0 Å². The van der Waals surface area contributed by atoms with Crippen molar-refractivity contribution < 1.29 is 33.4 Å². The number of halogens is 1. The van der Waals surface area contributed by atoms with Crippen LogP contribution in [0.25, 0.3) is 0 Å². The van der Waals surface area contributed by atoms with Gasteiger partial charge >= 0.3 is 0 Å². The number of rotatable bonds is 10. The van der Waals surface area contributed by atoms with Crippen molar-refractivity contribution in [3.8, 4) is 0 Å². The van der Waals surface area contributed by atoms with Crippen LogP contribution in [0.1, 0.15) is 78.6 Å². The maximum Gasteiger partial charge on any atom is 0.293 e. The zero-order chi connectivity index (χ0) is 25.4. The van der Waals surface area contributed by atoms with Gasteiger partial charge in [0.15, 0.2) is 0 Å². The van der Waals surface area contributed by atoms with Gasteiger partial charge in [-0.15, -0.1) is 0 Å². The SMILES string of the molecule is CC(CCC(=O)Cl)C1CCC2C3C(OC=O)CC4CC(OC=O)CCC4(C)C3CC(OC=O)C12C. The number of carbonyl (C=O) groups excluding carboxylic acids is 4. The van der Waals surface area contributed by atoms with E-state index < -0.39 is 0 Å². The Labute approximate surface area is 212 Å². The molecule has 4 saturated carbocycles. The first kappa shape index (κ1) is 26.4. The summed E-state index contributed by atoms with van der Waals surface area (Å²) in [5.74, 6) is 1.48. The number of hydrogen-bond acceptors (Lipinski definition) is 7. The molecule has 4 aliphatic carbocycles. The normalized spacial score (nSPS) is 45.1. The van der Waals surface area contributed by atoms with Gasteiger partial charge in [-0.1, -0.05) is 20.8 Å². The quantitative estimate of drug-likeness (QED) is 0.239. The van der Waals surface area contributed by atoms with Gasteiger partial charge in [-0.2, -0.15) is 0 Å². The molecule has 11 unspecified atom stereocenters. The fraction of sp³-hybridized carbons (Fsp3) is 0.852. The minimum Gasteiger partial charge on any atom is -0.465 e. The summed E-state index contributed by atoms with van der Waals surface area (Å²) >= 11 is 5.65. The van der Waals surface area contributed by atoms with Crippen molar-refractivity contribution in [1.82, 2.24) is 0 Å². The first-order valence-corrected chi connectivity index (χ1v) is 13.5. The predicted molar refractivity (Wildman–Crippen MR) is 128 cm³/mol. The van der Waals surface area contributed by atoms with Crippen molar-refractivity contribution in [1.29, 1.82) is 0 Å². The lowest BCUT2D eigenvalue weighted by atomic mass is 9.43. The van der Waals surface area contributed by atoms with Gasteiger partial charge in [0, 0.05) is 17.8 Å². The standard InChI is InChI=1S/C27H39ClO7/c1-16(4-7-24(28)32)19-5-6-20-25-21(12-23(35-15-31)27(19,20)3)26(2)9-8-18(33-13-29)10-17(26)11-22(25)34-14-30/h13-23,25H,4-12H2,1-3H3. The molecular formula is C27H39ClO7. The Morgan fingerprint density at radius 2 is 1.69 bits per heavy atom. The number of fused-ring (bicyclic) bond motifs is 5. The Balaban J connectivity index is 1.68. The Kier molecular flexibility index (Phi) is 7.85. The highest BCUT2D eigenvalue weighted by molar-refractivity contribution is 6.63. The zero-order valence-electron chi connectivity index (χ0n) is 21.0. The number of ether oxygens (including phenoxy) is 3. The second-order valence-electron chi connectivity index (χ2n) is 12.0. The highest BCUT2D eigenvalue weighted by atomic mass is 35.5. The summed E-state index contributed by atoms with van der Waals surface area (Å²) in [6.07, 6.45) is 6.51. The van der Waals surface area contributed by atoms with Crippen LogP contribution in [0, 0.1) is 46.3 Å². The Morgan fingerprint density at radius 3 is 2.34 bits per heavy atom. The predicted octanol–water partition coefficient (Wildman–Crippen LogP) is 4.67. The van der Waals surface area contributed by atoms with E-state index in [-0.39, 0.29) is 69.9 Å². The molecule has 4 aliphatic rings. The molecule has 196 valence electrons. The summed E-state index contributed by atoms with van der Waals surface area (Å²) < 4.78 is 17.0. The van der Waals surface area contributed by atoms with Gasteiger partial charge in [0.05, 0.1) is 0 Å². The Morgan fingerprint density at radius 1 is 0.971 bits per heavy atom. The molecule has 8 heteroatoms. The first-order valence-electron chi connectivity index (χ1n) is 13.2. The fourth-order valence-electron chi connectivity index (χ4n) is 9.29. The lowest BCUT2D eigenvalue weighted by Crippen LogP contribution is -2.63. The molecule has 0 N–H and O–H groups in total. The molecule has 0 aromatic rings. The first-order chi connectivity index (χ1) is 16.7. The van der Waals surface area contributed by atoms with E-state index in [2.05, 4.69) is 20.8 Å². The van der Waals surface area contributed by atoms with Crippen molar-refractivity contribution in [2.24, 2.45) is 46.3 Å². The van der Waals surface area contributed by atoms with Crippen LogP contribution in [-0.2, 0) is 33.4 Å². The van der Waals surface area contributed by atoms with Gasteiger partial charge in [0.2, 0.25) is 5.24 Å². The molecule has 0 spiro atoms. The van der Waals surface area contributed by atoms with Gasteiger partial charge in [-0.25, -0.2) is 0 Å². The van der Waals surface area contributed by atoms with Gasteiger partial charge < -0.3 is 14.2 Å². The van der Waals surface area contributed by atoms with Crippen LogP contribution < -0.4 is 0 Å². The van der Waals surface area contributed by atoms with E-state index in [4.69, 9.17) is 25.8 Å². The van der Waals surface area contributed by atoms with Crippen LogP contribution in [-0.4, -0.2) is 43.0 Å². The molecule has 0 bridgehead atoms. The number of carbonyl (C=O) groups is 4. The smallest absolute Gasteiger partial charge is 0.293 e. The van der Waals surface area contributed by atoms with Crippen LogP contribution in [0.2, 0.25) is 0 Å². The molecule has 4 rings (SSSR count). The molecule has 35 heavy (non-hydrogen) atoms. The summed E-state index contributed by atoms with van der Waals surface area (Å²) in [7, 11) is 0. The summed E-state index contributed by atoms with van der Waals surface area (Å²) in [4.78, 5) is 45.7. The molecule has 7 nitrogen and oxygen atoms in total. The third-order valence-electron chi connectivity index (χ3n) is 10.9. The molecule has 0 radical (unpaired) electrons. The highest BCUT2D eigenvalue weighted by Crippen LogP contribution is 2.69. The number of hydrogen-bond donors (Lipinski definition) is 0. The molecule has 11 atom stereocenters. The summed E-state index contributed by atoms with van der Waals surface area (Å²) in [6.45, 7) is 8.47. The average Bonchev–Trinajstić information content (AvgIpc) is 3.17. The maximum absolute atomic E-state index is 11.7. The van der Waals surface area contributed by atoms with E-state index in [1.54, 1.807) is 0 Å². The van der Waals surface area contributed by atoms with Gasteiger partial charge in [0.25, 0.3) is 19.4 Å². The third-order valence-corrected chi connectivity index (χ3v) is 11.1. The van der Waals surface area contributed by atoms with E-state index in [1.165, 1.54) is 0 Å². The van der Waals surface area contributed by atoms with Crippen molar-refractivity contribution in [3.05, 3.63) is 0 Å². The minimum absolute atomic E-state index is 0.00325. The molecule has 0 saturated heterocycles. The van der Waals surface area contributed by atoms with Crippen LogP contribution in [0.3, 0.4) is 0 Å². The van der Waals surface area contributed by atoms with Crippen molar-refractivity contribution in [2.45, 2.75) is 96.9 Å². The zero-order valence-corrected chi connectivity index (χ0v) is 21.8. The van der Waals surface area contributed by atoms with E-state index >= 15 is 0 Å². The highest BCUT2D eigenvalue weighted by Gasteiger charge is 2.67. The van der Waals surface area contributed by atoms with Crippen LogP contribution in [0.5, 0.6) is 0 Å². The second-order valence-corrected chi connectivity index (χ2v) is 12.4. The molecule has 4 fully saturated rings. The molecule has 0 aromatic heterocycles. The minimum atomic E-state index is -0.319. The van der Waals surface area contributed by atoms with Gasteiger partial charge in [0.1, 0.15) is 18.3 Å². The van der Waals surface area contributed by atoms with E-state index in [9.17, 15) is 19.2 Å². The molecule has 0 heterocycles. The summed E-state index contributed by atoms with van der Waals surface area (Å²) in [6, 6.07) is 0. The molecule has 0 aliphatic heterocycles. The van der Waals surface area contributed by atoms with Crippen LogP contribution in [0.15, 0.2) is 0 Å². The van der Waals surface area contributed by atoms with Crippen LogP contribution in [0.4, 0.5) is 0 Å². The summed E-state index contributed by atoms with van der Waals surface area (Å²) in [5, 5.41) is -0.319. The topological polar surface area (TPSA) is 96.0 Å². The lowest BCUT2D eigenvalue weighted by molar-refractivity contribution is -0.218. The summed E-state index contributed by atoms with van der Waals surface area (Å²) in [5.41, 5.74) is -0.265. The largest absolute Gasteiger partial charge is 0.465 e. The fourth-order valence-corrected chi connectivity index (χ4v) is 9.40. The van der Waals surface area contributed by atoms with Gasteiger partial charge in [-0.3, -0.25) is 19.2 Å². The monoisotopic (exact) mass is 510 g/mol. The van der Waals surface area contributed by atoms with E-state index in [0.29, 0.717) is 32.3 Å². The second kappa shape index (κ2) is 10.4. The molecule has 0 aromatic carbocycles. The van der Waals surface area contributed by atoms with Gasteiger partial charge in [-0.05, 0) is 98.0 Å². The third kappa shape index (κ3) is 4.51.